The lowest BCUT2D eigenvalue weighted by atomic mass is 9.88. The highest BCUT2D eigenvalue weighted by atomic mass is 35.5. The molecule has 9 heteroatoms. The van der Waals surface area contributed by atoms with Crippen LogP contribution in [0.4, 0.5) is 4.39 Å². The number of halogens is 2. The average molecular weight is 565 g/mol. The number of nitrogens with zero attached hydrogens (tertiary/aromatic N) is 4. The SMILES string of the molecule is CCOC(=O)C(c1ncn2c1C[C@@H](F)C2)N1Cc2c(Cl)cc(-c3ccc(C4CCN(CC)CC4)cc3)cc2C1=O. The summed E-state index contributed by atoms with van der Waals surface area (Å²) in [6, 6.07) is 11.2. The molecule has 0 radical (unpaired) electrons. The smallest absolute Gasteiger partial charge is 0.335 e. The third-order valence-electron chi connectivity index (χ3n) is 8.63. The van der Waals surface area contributed by atoms with Gasteiger partial charge in [0.15, 0.2) is 6.04 Å². The minimum absolute atomic E-state index is 0.150. The van der Waals surface area contributed by atoms with Gasteiger partial charge in [-0.25, -0.2) is 14.2 Å². The molecule has 0 bridgehead atoms. The van der Waals surface area contributed by atoms with E-state index in [4.69, 9.17) is 16.3 Å². The third-order valence-corrected chi connectivity index (χ3v) is 8.97. The molecule has 0 N–H and O–H groups in total. The molecule has 1 saturated heterocycles. The van der Waals surface area contributed by atoms with Crippen LogP contribution >= 0.6 is 11.6 Å². The Morgan fingerprint density at radius 2 is 1.90 bits per heavy atom. The van der Waals surface area contributed by atoms with Crippen LogP contribution in [0.3, 0.4) is 0 Å². The zero-order valence-corrected chi connectivity index (χ0v) is 23.7. The predicted molar refractivity (Wildman–Crippen MR) is 151 cm³/mol. The van der Waals surface area contributed by atoms with E-state index in [1.807, 2.05) is 12.1 Å². The Bertz CT molecular complexity index is 1430. The molecule has 1 fully saturated rings. The summed E-state index contributed by atoms with van der Waals surface area (Å²) in [5, 5.41) is 0.473. The molecule has 1 unspecified atom stereocenters. The standard InChI is InChI=1S/C31H34ClFN4O3/c1-3-35-11-9-21(10-12-35)19-5-7-20(8-6-19)22-13-24-25(26(32)14-22)17-37(30(24)38)29(31(39)40-4-2)28-27-15-23(33)16-36(27)18-34-28/h5-8,13-14,18,21,23,29H,3-4,9-12,15-17H2,1-2H3/t23-,29?/m1/s1. The van der Waals surface area contributed by atoms with Crippen molar-refractivity contribution in [2.24, 2.45) is 0 Å². The number of imidazole rings is 1. The van der Waals surface area contributed by atoms with Gasteiger partial charge >= 0.3 is 5.97 Å². The van der Waals surface area contributed by atoms with E-state index in [9.17, 15) is 14.0 Å². The number of ether oxygens (including phenoxy) is 1. The minimum atomic E-state index is -1.07. The van der Waals surface area contributed by atoms with Gasteiger partial charge in [-0.15, -0.1) is 0 Å². The number of piperidine rings is 1. The fraction of sp³-hybridized carbons (Fsp3) is 0.452. The molecular formula is C31H34ClFN4O3. The fourth-order valence-corrected chi connectivity index (χ4v) is 6.70. The Balaban J connectivity index is 1.27. The van der Waals surface area contributed by atoms with Crippen LogP contribution in [0.25, 0.3) is 11.1 Å². The van der Waals surface area contributed by atoms with Crippen molar-refractivity contribution in [3.8, 4) is 11.1 Å². The maximum absolute atomic E-state index is 14.2. The van der Waals surface area contributed by atoms with Crippen LogP contribution in [0, 0.1) is 0 Å². The monoisotopic (exact) mass is 564 g/mol. The number of fused-ring (bicyclic) bond motifs is 2. The summed E-state index contributed by atoms with van der Waals surface area (Å²) < 4.78 is 21.2. The summed E-state index contributed by atoms with van der Waals surface area (Å²) in [7, 11) is 0. The largest absolute Gasteiger partial charge is 0.464 e. The van der Waals surface area contributed by atoms with E-state index in [-0.39, 0.29) is 32.0 Å². The van der Waals surface area contributed by atoms with E-state index in [1.54, 1.807) is 11.5 Å². The highest BCUT2D eigenvalue weighted by Gasteiger charge is 2.43. The number of rotatable bonds is 7. The van der Waals surface area contributed by atoms with Gasteiger partial charge < -0.3 is 19.1 Å². The Labute approximate surface area is 238 Å². The first kappa shape index (κ1) is 27.0. The number of amides is 1. The summed E-state index contributed by atoms with van der Waals surface area (Å²) >= 11 is 6.75. The molecule has 2 atom stereocenters. The lowest BCUT2D eigenvalue weighted by molar-refractivity contribution is -0.149. The molecule has 3 aliphatic heterocycles. The van der Waals surface area contributed by atoms with Crippen LogP contribution < -0.4 is 0 Å². The zero-order chi connectivity index (χ0) is 28.0. The highest BCUT2D eigenvalue weighted by molar-refractivity contribution is 6.32. The van der Waals surface area contributed by atoms with Crippen molar-refractivity contribution >= 4 is 23.5 Å². The molecule has 0 spiro atoms. The molecule has 6 rings (SSSR count). The number of hydrogen-bond donors (Lipinski definition) is 0. The number of carbonyl (C=O) groups is 2. The van der Waals surface area contributed by atoms with E-state index in [0.717, 1.165) is 43.6 Å². The Hall–Kier alpha value is -3.23. The number of benzene rings is 2. The van der Waals surface area contributed by atoms with E-state index in [2.05, 4.69) is 41.1 Å². The van der Waals surface area contributed by atoms with Crippen molar-refractivity contribution in [2.45, 2.75) is 64.3 Å². The van der Waals surface area contributed by atoms with Crippen LogP contribution in [0.1, 0.15) is 71.5 Å². The summed E-state index contributed by atoms with van der Waals surface area (Å²) in [4.78, 5) is 35.4. The first-order valence-electron chi connectivity index (χ1n) is 14.2. The van der Waals surface area contributed by atoms with Gasteiger partial charge in [0, 0.05) is 34.8 Å². The van der Waals surface area contributed by atoms with Gasteiger partial charge in [-0.3, -0.25) is 4.79 Å². The van der Waals surface area contributed by atoms with Gasteiger partial charge in [0.05, 0.1) is 25.2 Å². The highest BCUT2D eigenvalue weighted by Crippen LogP contribution is 2.40. The quantitative estimate of drug-likeness (QED) is 0.352. The van der Waals surface area contributed by atoms with Crippen LogP contribution in [0.5, 0.6) is 0 Å². The summed E-state index contributed by atoms with van der Waals surface area (Å²) in [6.45, 7) is 7.79. The average Bonchev–Trinajstić information content (AvgIpc) is 3.62. The number of carbonyl (C=O) groups excluding carboxylic acids is 2. The van der Waals surface area contributed by atoms with Crippen molar-refractivity contribution in [3.05, 3.63) is 75.8 Å². The van der Waals surface area contributed by atoms with Crippen molar-refractivity contribution < 1.29 is 18.7 Å². The van der Waals surface area contributed by atoms with Crippen molar-refractivity contribution in [1.29, 1.82) is 0 Å². The summed E-state index contributed by atoms with van der Waals surface area (Å²) in [5.74, 6) is -0.329. The molecule has 3 aromatic rings. The molecule has 0 saturated carbocycles. The van der Waals surface area contributed by atoms with Crippen LogP contribution in [-0.4, -0.2) is 63.6 Å². The van der Waals surface area contributed by atoms with E-state index >= 15 is 0 Å². The first-order valence-corrected chi connectivity index (χ1v) is 14.6. The van der Waals surface area contributed by atoms with Gasteiger partial charge in [0.1, 0.15) is 6.17 Å². The second-order valence-electron chi connectivity index (χ2n) is 10.9. The fourth-order valence-electron chi connectivity index (χ4n) is 6.42. The number of alkyl halides is 1. The van der Waals surface area contributed by atoms with Crippen molar-refractivity contribution in [1.82, 2.24) is 19.4 Å². The Morgan fingerprint density at radius 1 is 1.15 bits per heavy atom. The molecule has 2 aromatic carbocycles. The molecule has 1 amide bonds. The number of esters is 1. The van der Waals surface area contributed by atoms with Gasteiger partial charge in [0.2, 0.25) is 0 Å². The number of aromatic nitrogens is 2. The van der Waals surface area contributed by atoms with E-state index in [0.29, 0.717) is 33.5 Å². The van der Waals surface area contributed by atoms with E-state index < -0.39 is 18.2 Å². The third kappa shape index (κ3) is 4.81. The van der Waals surface area contributed by atoms with Crippen LogP contribution in [0.15, 0.2) is 42.7 Å². The molecular weight excluding hydrogens is 531 g/mol. The van der Waals surface area contributed by atoms with E-state index in [1.165, 1.54) is 16.8 Å². The maximum atomic E-state index is 14.2. The lowest BCUT2D eigenvalue weighted by Crippen LogP contribution is -2.36. The van der Waals surface area contributed by atoms with Gasteiger partial charge in [-0.2, -0.15) is 0 Å². The molecule has 4 heterocycles. The molecule has 40 heavy (non-hydrogen) atoms. The summed E-state index contributed by atoms with van der Waals surface area (Å²) in [5.41, 5.74) is 5.30. The number of likely N-dealkylation sites (tertiary alicyclic amines) is 1. The zero-order valence-electron chi connectivity index (χ0n) is 22.9. The maximum Gasteiger partial charge on any atom is 0.335 e. The van der Waals surface area contributed by atoms with Gasteiger partial charge in [0.25, 0.3) is 5.91 Å². The summed E-state index contributed by atoms with van der Waals surface area (Å²) in [6.07, 6.45) is 2.97. The van der Waals surface area contributed by atoms with Crippen LogP contribution in [0.2, 0.25) is 5.02 Å². The van der Waals surface area contributed by atoms with Gasteiger partial charge in [-0.05, 0) is 74.1 Å². The lowest BCUT2D eigenvalue weighted by Gasteiger charge is -2.31. The Kier molecular flexibility index (Phi) is 7.40. The molecule has 210 valence electrons. The minimum Gasteiger partial charge on any atom is -0.464 e. The number of hydrogen-bond acceptors (Lipinski definition) is 5. The van der Waals surface area contributed by atoms with Crippen LogP contribution in [-0.2, 0) is 29.0 Å². The van der Waals surface area contributed by atoms with Gasteiger partial charge in [-0.1, -0.05) is 42.8 Å². The molecule has 7 nitrogen and oxygen atoms in total. The first-order chi connectivity index (χ1) is 19.4. The molecule has 0 aliphatic carbocycles. The topological polar surface area (TPSA) is 67.7 Å². The molecule has 3 aliphatic rings. The van der Waals surface area contributed by atoms with Crippen molar-refractivity contribution in [2.75, 3.05) is 26.2 Å². The second kappa shape index (κ2) is 11.0. The Morgan fingerprint density at radius 3 is 2.60 bits per heavy atom. The molecule has 1 aromatic heterocycles. The van der Waals surface area contributed by atoms with Crippen molar-refractivity contribution in [3.63, 3.8) is 0 Å². The normalized spacial score (nSPS) is 20.1. The predicted octanol–water partition coefficient (Wildman–Crippen LogP) is 5.56. The second-order valence-corrected chi connectivity index (χ2v) is 11.3.